The van der Waals surface area contributed by atoms with Crippen LogP contribution >= 0.6 is 11.6 Å². The van der Waals surface area contributed by atoms with Gasteiger partial charge in [-0.25, -0.2) is 4.68 Å². The number of allylic oxidation sites excluding steroid dienone is 2. The molecule has 7 nitrogen and oxygen atoms in total. The number of alkyl halides is 3. The lowest BCUT2D eigenvalue weighted by molar-refractivity contribution is -0.145. The smallest absolute Gasteiger partial charge is 0.453 e. The van der Waals surface area contributed by atoms with E-state index in [4.69, 9.17) is 21.1 Å². The summed E-state index contributed by atoms with van der Waals surface area (Å²) in [5.74, 6) is -0.691. The number of Topliss-reactive ketones (excluding diaryl/α,β-unsaturated/α-hetero) is 1. The highest BCUT2D eigenvalue weighted by molar-refractivity contribution is 6.30. The Kier molecular flexibility index (Phi) is 5.71. The molecule has 1 aliphatic carbocycles. The van der Waals surface area contributed by atoms with Gasteiger partial charge in [-0.15, -0.1) is 5.10 Å². The van der Waals surface area contributed by atoms with E-state index in [0.29, 0.717) is 39.8 Å². The molecule has 2 aliphatic rings. The predicted octanol–water partition coefficient (Wildman–Crippen LogP) is 5.38. The summed E-state index contributed by atoms with van der Waals surface area (Å²) in [5.41, 5.74) is 2.27. The first kappa shape index (κ1) is 23.2. The van der Waals surface area contributed by atoms with Crippen molar-refractivity contribution in [2.75, 3.05) is 19.5 Å². The standard InChI is InChI=1S/C24H20ClF3N4O3/c1-34-18-7-6-12(11-19(18)35-2)14-9-16-20(17(33)10-14)21(13-4-3-5-15(25)8-13)32-23(29-16)30-22(31-32)24(26,27)28/h3-8,11,14,21H,9-10H2,1-2H3,(H,29,30,31)/t14-,21+/m0/s1. The SMILES string of the molecule is COc1ccc([C@@H]2CC(=O)C3=C(C2)Nc2nc(C(F)(F)F)nn2[C@@H]3c2cccc(Cl)c2)cc1OC. The molecular formula is C24H20ClF3N4O3. The average molecular weight is 505 g/mol. The van der Waals surface area contributed by atoms with Crippen molar-refractivity contribution in [1.29, 1.82) is 0 Å². The molecule has 0 spiro atoms. The van der Waals surface area contributed by atoms with Crippen molar-refractivity contribution in [2.45, 2.75) is 31.0 Å². The molecule has 0 saturated carbocycles. The summed E-state index contributed by atoms with van der Waals surface area (Å²) >= 11 is 6.17. The number of ether oxygens (including phenoxy) is 2. The molecule has 0 amide bonds. The zero-order chi connectivity index (χ0) is 24.9. The van der Waals surface area contributed by atoms with E-state index in [2.05, 4.69) is 15.4 Å². The number of fused-ring (bicyclic) bond motifs is 1. The molecule has 1 aliphatic heterocycles. The number of carbonyl (C=O) groups is 1. The van der Waals surface area contributed by atoms with E-state index in [0.717, 1.165) is 10.2 Å². The summed E-state index contributed by atoms with van der Waals surface area (Å²) in [7, 11) is 3.06. The van der Waals surface area contributed by atoms with Crippen LogP contribution < -0.4 is 14.8 Å². The Labute approximate surface area is 203 Å². The lowest BCUT2D eigenvalue weighted by atomic mass is 9.78. The highest BCUT2D eigenvalue weighted by atomic mass is 35.5. The summed E-state index contributed by atoms with van der Waals surface area (Å²) in [6.45, 7) is 0. The molecular weight excluding hydrogens is 485 g/mol. The van der Waals surface area contributed by atoms with Gasteiger partial charge in [0.1, 0.15) is 6.04 Å². The molecule has 2 aromatic carbocycles. The summed E-state index contributed by atoms with van der Waals surface area (Å²) in [6, 6.07) is 11.2. The molecule has 11 heteroatoms. The number of hydrogen-bond acceptors (Lipinski definition) is 6. The molecule has 2 atom stereocenters. The number of rotatable bonds is 4. The van der Waals surface area contributed by atoms with Gasteiger partial charge in [0.2, 0.25) is 5.95 Å². The van der Waals surface area contributed by atoms with E-state index in [1.807, 2.05) is 12.1 Å². The largest absolute Gasteiger partial charge is 0.493 e. The van der Waals surface area contributed by atoms with Crippen LogP contribution in [0.3, 0.4) is 0 Å². The predicted molar refractivity (Wildman–Crippen MR) is 122 cm³/mol. The van der Waals surface area contributed by atoms with Crippen LogP contribution in [0.4, 0.5) is 19.1 Å². The third kappa shape index (κ3) is 4.12. The van der Waals surface area contributed by atoms with Gasteiger partial charge in [0.15, 0.2) is 17.3 Å². The van der Waals surface area contributed by atoms with E-state index >= 15 is 0 Å². The first-order valence-electron chi connectivity index (χ1n) is 10.7. The van der Waals surface area contributed by atoms with E-state index < -0.39 is 18.0 Å². The molecule has 0 saturated heterocycles. The van der Waals surface area contributed by atoms with Gasteiger partial charge >= 0.3 is 6.18 Å². The van der Waals surface area contributed by atoms with E-state index in [-0.39, 0.29) is 24.1 Å². The Balaban J connectivity index is 1.60. The third-order valence-electron chi connectivity index (χ3n) is 6.22. The van der Waals surface area contributed by atoms with Crippen LogP contribution in [0, 0.1) is 0 Å². The molecule has 1 N–H and O–H groups in total. The normalized spacial score (nSPS) is 19.7. The van der Waals surface area contributed by atoms with Crippen molar-refractivity contribution >= 4 is 23.3 Å². The number of methoxy groups -OCH3 is 2. The molecule has 182 valence electrons. The van der Waals surface area contributed by atoms with Crippen LogP contribution in [0.1, 0.15) is 41.8 Å². The number of hydrogen-bond donors (Lipinski definition) is 1. The minimum Gasteiger partial charge on any atom is -0.493 e. The minimum atomic E-state index is -4.74. The van der Waals surface area contributed by atoms with Crippen molar-refractivity contribution < 1.29 is 27.4 Å². The van der Waals surface area contributed by atoms with Gasteiger partial charge in [-0.05, 0) is 47.7 Å². The molecule has 5 rings (SSSR count). The summed E-state index contributed by atoms with van der Waals surface area (Å²) in [4.78, 5) is 17.2. The van der Waals surface area contributed by atoms with Crippen molar-refractivity contribution in [1.82, 2.24) is 14.8 Å². The maximum Gasteiger partial charge on any atom is 0.453 e. The first-order chi connectivity index (χ1) is 16.7. The summed E-state index contributed by atoms with van der Waals surface area (Å²) in [6.07, 6.45) is -4.18. The second-order valence-corrected chi connectivity index (χ2v) is 8.76. The summed E-state index contributed by atoms with van der Waals surface area (Å²) in [5, 5.41) is 7.05. The van der Waals surface area contributed by atoms with Crippen molar-refractivity contribution in [3.8, 4) is 11.5 Å². The molecule has 0 fully saturated rings. The highest BCUT2D eigenvalue weighted by Gasteiger charge is 2.43. The molecule has 2 heterocycles. The van der Waals surface area contributed by atoms with Crippen LogP contribution in [0.15, 0.2) is 53.7 Å². The number of nitrogens with zero attached hydrogens (tertiary/aromatic N) is 3. The Hall–Kier alpha value is -3.53. The maximum absolute atomic E-state index is 13.5. The lowest BCUT2D eigenvalue weighted by Crippen LogP contribution is -2.33. The fourth-order valence-electron chi connectivity index (χ4n) is 4.66. The van der Waals surface area contributed by atoms with Gasteiger partial charge in [-0.3, -0.25) is 4.79 Å². The average Bonchev–Trinajstić information content (AvgIpc) is 3.26. The second kappa shape index (κ2) is 8.60. The quantitative estimate of drug-likeness (QED) is 0.514. The number of halogens is 4. The van der Waals surface area contributed by atoms with E-state index in [1.165, 1.54) is 14.2 Å². The topological polar surface area (TPSA) is 78.3 Å². The molecule has 0 bridgehead atoms. The van der Waals surface area contributed by atoms with Crippen LogP contribution in [0.5, 0.6) is 11.5 Å². The number of aromatic nitrogens is 3. The Morgan fingerprint density at radius 2 is 1.83 bits per heavy atom. The zero-order valence-electron chi connectivity index (χ0n) is 18.7. The Morgan fingerprint density at radius 1 is 1.06 bits per heavy atom. The maximum atomic E-state index is 13.5. The van der Waals surface area contributed by atoms with Crippen LogP contribution in [-0.2, 0) is 11.0 Å². The molecule has 3 aromatic rings. The lowest BCUT2D eigenvalue weighted by Gasteiger charge is -2.35. The molecule has 1 aromatic heterocycles. The number of nitrogens with one attached hydrogen (secondary N) is 1. The van der Waals surface area contributed by atoms with Crippen molar-refractivity contribution in [3.63, 3.8) is 0 Å². The second-order valence-electron chi connectivity index (χ2n) is 8.32. The summed E-state index contributed by atoms with van der Waals surface area (Å²) < 4.78 is 52.1. The van der Waals surface area contributed by atoms with Gasteiger partial charge in [0.05, 0.1) is 14.2 Å². The zero-order valence-corrected chi connectivity index (χ0v) is 19.4. The van der Waals surface area contributed by atoms with Crippen molar-refractivity contribution in [2.24, 2.45) is 0 Å². The Bertz CT molecular complexity index is 1350. The minimum absolute atomic E-state index is 0.0817. The first-order valence-corrected chi connectivity index (χ1v) is 11.1. The molecule has 0 radical (unpaired) electrons. The third-order valence-corrected chi connectivity index (χ3v) is 6.45. The van der Waals surface area contributed by atoms with Gasteiger partial charge in [0, 0.05) is 22.7 Å². The van der Waals surface area contributed by atoms with Gasteiger partial charge in [-0.1, -0.05) is 29.8 Å². The van der Waals surface area contributed by atoms with Crippen LogP contribution in [0.2, 0.25) is 5.02 Å². The number of carbonyl (C=O) groups excluding carboxylic acids is 1. The van der Waals surface area contributed by atoms with E-state index in [9.17, 15) is 18.0 Å². The fraction of sp³-hybridized carbons (Fsp3) is 0.292. The van der Waals surface area contributed by atoms with Gasteiger partial charge in [0.25, 0.3) is 5.82 Å². The number of ketones is 1. The molecule has 35 heavy (non-hydrogen) atoms. The number of anilines is 1. The number of benzene rings is 2. The Morgan fingerprint density at radius 3 is 2.51 bits per heavy atom. The van der Waals surface area contributed by atoms with Gasteiger partial charge < -0.3 is 14.8 Å². The van der Waals surface area contributed by atoms with Crippen molar-refractivity contribution in [3.05, 3.63) is 75.7 Å². The van der Waals surface area contributed by atoms with E-state index in [1.54, 1.807) is 30.3 Å². The van der Waals surface area contributed by atoms with Crippen LogP contribution in [-0.4, -0.2) is 34.8 Å². The fourth-order valence-corrected chi connectivity index (χ4v) is 4.86. The highest BCUT2D eigenvalue weighted by Crippen LogP contribution is 2.46. The van der Waals surface area contributed by atoms with Gasteiger partial charge in [-0.2, -0.15) is 18.2 Å². The monoisotopic (exact) mass is 504 g/mol. The van der Waals surface area contributed by atoms with Crippen LogP contribution in [0.25, 0.3) is 0 Å². The molecule has 0 unspecified atom stereocenters.